The molecule has 0 saturated carbocycles. The van der Waals surface area contributed by atoms with Gasteiger partial charge in [0.2, 0.25) is 5.91 Å². The molecular weight excluding hydrogens is 621 g/mol. The fourth-order valence-corrected chi connectivity index (χ4v) is 6.73. The number of amides is 1. The number of nitrogens with zero attached hydrogens (tertiary/aromatic N) is 3. The number of aliphatic carboxylic acids is 1. The first-order chi connectivity index (χ1) is 20.4. The largest absolute Gasteiger partial charge is 0.542 e. The van der Waals surface area contributed by atoms with Crippen LogP contribution in [0.1, 0.15) is 42.9 Å². The first kappa shape index (κ1) is 35.2. The van der Waals surface area contributed by atoms with Crippen molar-refractivity contribution >= 4 is 55.5 Å². The van der Waals surface area contributed by atoms with E-state index in [4.69, 9.17) is 27.2 Å². The van der Waals surface area contributed by atoms with E-state index in [1.807, 2.05) is 35.2 Å². The third kappa shape index (κ3) is 8.45. The van der Waals surface area contributed by atoms with Crippen LogP contribution in [-0.2, 0) is 33.0 Å². The topological polar surface area (TPSA) is 126 Å². The predicted octanol–water partition coefficient (Wildman–Crippen LogP) is 3.97. The van der Waals surface area contributed by atoms with Crippen molar-refractivity contribution in [1.82, 2.24) is 4.57 Å². The predicted molar refractivity (Wildman–Crippen MR) is 163 cm³/mol. The highest BCUT2D eigenvalue weighted by atomic mass is 35.5. The van der Waals surface area contributed by atoms with Crippen LogP contribution in [0, 0.1) is 0 Å². The Morgan fingerprint density at radius 3 is 2.25 bits per heavy atom. The Morgan fingerprint density at radius 1 is 1.09 bits per heavy atom. The number of sulfone groups is 1. The maximum atomic E-state index is 13.2. The molecule has 14 heteroatoms. The van der Waals surface area contributed by atoms with Crippen molar-refractivity contribution in [1.29, 1.82) is 0 Å². The zero-order chi connectivity index (χ0) is 33.0. The van der Waals surface area contributed by atoms with Gasteiger partial charge in [-0.15, -0.1) is 11.6 Å². The van der Waals surface area contributed by atoms with E-state index in [0.717, 1.165) is 64.6 Å². The normalized spacial score (nSPS) is 15.2. The number of hydrogen-bond acceptors (Lipinski definition) is 6. The molecule has 9 nitrogen and oxygen atoms in total. The maximum Gasteiger partial charge on any atom is 0.430 e. The number of carbonyl (C=O) groups excluding carboxylic acids is 2. The number of unbranched alkanes of at least 4 members (excludes halogenated alkanes) is 2. The summed E-state index contributed by atoms with van der Waals surface area (Å²) in [5, 5.41) is 11.2. The minimum atomic E-state index is -5.19. The van der Waals surface area contributed by atoms with Crippen molar-refractivity contribution in [3.05, 3.63) is 53.7 Å². The van der Waals surface area contributed by atoms with Gasteiger partial charge in [0, 0.05) is 54.8 Å². The molecule has 1 aliphatic rings. The molecule has 4 rings (SSSR count). The first-order valence-electron chi connectivity index (χ1n) is 14.0. The van der Waals surface area contributed by atoms with Gasteiger partial charge in [-0.05, 0) is 48.4 Å². The standard InChI is InChI=1S/C28H38ClN4O3S.C2HF3O2/c1-31-21(13-14-27(31)37(4,35)36)19-33(2,3)15-9-5-6-12-26(34)32-18-20(17-29)28-23-11-8-7-10-22(23)24(30)16-25(28)32;3-2(4,5)1(6)7/h7-8,10-11,13-14,16,20H,5-6,9,12,15,17-19,30H2,1-4H3;(H,6,7)/q+1;/p-1. The molecule has 0 aliphatic carbocycles. The van der Waals surface area contributed by atoms with E-state index in [0.29, 0.717) is 29.6 Å². The number of anilines is 2. The number of nitrogen functional groups attached to an aromatic ring is 1. The minimum absolute atomic E-state index is 0.102. The fraction of sp³-hybridized carbons (Fsp3) is 0.467. The van der Waals surface area contributed by atoms with Crippen LogP contribution in [-0.4, -0.2) is 74.8 Å². The van der Waals surface area contributed by atoms with Crippen LogP contribution >= 0.6 is 11.6 Å². The molecule has 242 valence electrons. The highest BCUT2D eigenvalue weighted by Crippen LogP contribution is 2.44. The second-order valence-corrected chi connectivity index (χ2v) is 14.0. The summed E-state index contributed by atoms with van der Waals surface area (Å²) in [6.45, 7) is 2.28. The van der Waals surface area contributed by atoms with E-state index >= 15 is 0 Å². The van der Waals surface area contributed by atoms with E-state index in [2.05, 4.69) is 20.2 Å². The van der Waals surface area contributed by atoms with Gasteiger partial charge < -0.3 is 29.6 Å². The number of halogens is 4. The summed E-state index contributed by atoms with van der Waals surface area (Å²) in [6.07, 6.45) is -0.705. The summed E-state index contributed by atoms with van der Waals surface area (Å²) >= 11 is 6.32. The van der Waals surface area contributed by atoms with Gasteiger partial charge in [0.25, 0.3) is 0 Å². The molecule has 1 unspecified atom stereocenters. The molecule has 0 saturated heterocycles. The number of alkyl halides is 4. The summed E-state index contributed by atoms with van der Waals surface area (Å²) in [6, 6.07) is 13.6. The van der Waals surface area contributed by atoms with E-state index < -0.39 is 22.0 Å². The van der Waals surface area contributed by atoms with Crippen molar-refractivity contribution in [2.45, 2.75) is 49.3 Å². The Hall–Kier alpha value is -3.29. The van der Waals surface area contributed by atoms with Crippen molar-refractivity contribution in [3.63, 3.8) is 0 Å². The van der Waals surface area contributed by atoms with Gasteiger partial charge in [0.05, 0.1) is 26.3 Å². The Balaban J connectivity index is 0.000000676. The monoisotopic (exact) mass is 658 g/mol. The lowest BCUT2D eigenvalue weighted by molar-refractivity contribution is -0.904. The number of carboxylic acids is 1. The van der Waals surface area contributed by atoms with Crippen molar-refractivity contribution < 1.29 is 40.8 Å². The molecule has 2 aromatic carbocycles. The van der Waals surface area contributed by atoms with Gasteiger partial charge in [0.15, 0.2) is 9.84 Å². The molecule has 2 N–H and O–H groups in total. The summed E-state index contributed by atoms with van der Waals surface area (Å²) < 4.78 is 57.9. The average molecular weight is 659 g/mol. The second-order valence-electron chi connectivity index (χ2n) is 11.7. The fourth-order valence-electron chi connectivity index (χ4n) is 5.54. The van der Waals surface area contributed by atoms with Crippen LogP contribution in [0.5, 0.6) is 0 Å². The molecular formula is C30H38ClF3N4O5S. The molecule has 1 amide bonds. The van der Waals surface area contributed by atoms with Crippen LogP contribution in [0.3, 0.4) is 0 Å². The maximum absolute atomic E-state index is 13.2. The van der Waals surface area contributed by atoms with Crippen molar-refractivity contribution in [2.75, 3.05) is 50.0 Å². The summed E-state index contributed by atoms with van der Waals surface area (Å²) in [7, 11) is 2.87. The lowest BCUT2D eigenvalue weighted by Gasteiger charge is -2.30. The number of quaternary nitrogens is 1. The Kier molecular flexibility index (Phi) is 11.0. The van der Waals surface area contributed by atoms with Gasteiger partial charge in [-0.3, -0.25) is 4.79 Å². The quantitative estimate of drug-likeness (QED) is 0.152. The number of benzene rings is 2. The Bertz CT molecular complexity index is 1620. The van der Waals surface area contributed by atoms with E-state index in [1.165, 1.54) is 6.26 Å². The summed E-state index contributed by atoms with van der Waals surface area (Å²) in [5.74, 6) is -2.32. The highest BCUT2D eigenvalue weighted by molar-refractivity contribution is 7.90. The lowest BCUT2D eigenvalue weighted by Crippen LogP contribution is -2.40. The van der Waals surface area contributed by atoms with Gasteiger partial charge in [-0.25, -0.2) is 8.42 Å². The van der Waals surface area contributed by atoms with Gasteiger partial charge >= 0.3 is 6.18 Å². The summed E-state index contributed by atoms with van der Waals surface area (Å²) in [4.78, 5) is 23.9. The van der Waals surface area contributed by atoms with Crippen LogP contribution in [0.25, 0.3) is 10.8 Å². The van der Waals surface area contributed by atoms with Crippen LogP contribution in [0.15, 0.2) is 47.5 Å². The van der Waals surface area contributed by atoms with E-state index in [9.17, 15) is 26.4 Å². The molecule has 0 fully saturated rings. The van der Waals surface area contributed by atoms with Gasteiger partial charge in [-0.2, -0.15) is 13.2 Å². The third-order valence-corrected chi connectivity index (χ3v) is 9.26. The van der Waals surface area contributed by atoms with E-state index in [-0.39, 0.29) is 11.8 Å². The number of hydrogen-bond donors (Lipinski definition) is 1. The van der Waals surface area contributed by atoms with Crippen molar-refractivity contribution in [2.24, 2.45) is 7.05 Å². The summed E-state index contributed by atoms with van der Waals surface area (Å²) in [5.41, 5.74) is 10.1. The minimum Gasteiger partial charge on any atom is -0.542 e. The molecule has 1 atom stereocenters. The van der Waals surface area contributed by atoms with Crippen molar-refractivity contribution in [3.8, 4) is 0 Å². The molecule has 2 heterocycles. The number of carbonyl (C=O) groups is 2. The van der Waals surface area contributed by atoms with Crippen LogP contribution in [0.4, 0.5) is 24.5 Å². The Morgan fingerprint density at radius 2 is 1.70 bits per heavy atom. The number of fused-ring (bicyclic) bond motifs is 3. The molecule has 1 aromatic heterocycles. The third-order valence-electron chi connectivity index (χ3n) is 7.72. The number of aromatic nitrogens is 1. The van der Waals surface area contributed by atoms with Gasteiger partial charge in [0.1, 0.15) is 17.5 Å². The lowest BCUT2D eigenvalue weighted by atomic mass is 9.95. The highest BCUT2D eigenvalue weighted by Gasteiger charge is 2.34. The van der Waals surface area contributed by atoms with Crippen LogP contribution in [0.2, 0.25) is 0 Å². The number of rotatable bonds is 10. The number of carboxylic acid groups (broad SMARTS) is 1. The molecule has 1 aliphatic heterocycles. The first-order valence-corrected chi connectivity index (χ1v) is 16.4. The number of nitrogens with two attached hydrogens (primary N) is 1. The zero-order valence-electron chi connectivity index (χ0n) is 25.2. The molecule has 3 aromatic rings. The molecule has 44 heavy (non-hydrogen) atoms. The average Bonchev–Trinajstić information content (AvgIpc) is 3.48. The Labute approximate surface area is 260 Å². The molecule has 0 bridgehead atoms. The second kappa shape index (κ2) is 13.8. The zero-order valence-corrected chi connectivity index (χ0v) is 26.7. The molecule has 0 radical (unpaired) electrons. The molecule has 0 spiro atoms. The van der Waals surface area contributed by atoms with E-state index in [1.54, 1.807) is 17.7 Å². The SMILES string of the molecule is Cn1c(C[N+](C)(C)CCCCCC(=O)N2CC(CCl)c3c2cc(N)c2ccccc32)ccc1S(C)(=O)=O.O=C([O-])C(F)(F)F. The van der Waals surface area contributed by atoms with Crippen LogP contribution < -0.4 is 15.7 Å². The van der Waals surface area contributed by atoms with Gasteiger partial charge in [-0.1, -0.05) is 24.3 Å². The smallest absolute Gasteiger partial charge is 0.430 e.